The molecule has 0 aliphatic carbocycles. The zero-order valence-corrected chi connectivity index (χ0v) is 15.4. The van der Waals surface area contributed by atoms with E-state index in [-0.39, 0.29) is 79.6 Å². The molecule has 0 rings (SSSR count). The summed E-state index contributed by atoms with van der Waals surface area (Å²) < 4.78 is 0. The number of hydrogen-bond donors (Lipinski definition) is 0. The summed E-state index contributed by atoms with van der Waals surface area (Å²) in [4.78, 5) is 49.5. The molecule has 0 saturated carbocycles. The average molecular weight is 634 g/mol. The maximum atomic E-state index is 8.25. The van der Waals surface area contributed by atoms with Crippen LogP contribution in [-0.4, -0.2) is 30.5 Å². The van der Waals surface area contributed by atoms with Crippen molar-refractivity contribution in [1.82, 2.24) is 0 Å². The normalized spacial score (nSPS) is 5.54. The van der Waals surface area contributed by atoms with Gasteiger partial charge in [-0.1, -0.05) is 0 Å². The maximum Gasteiger partial charge on any atom is 3.00 e. The minimum atomic E-state index is -1.75. The van der Waals surface area contributed by atoms with Crippen molar-refractivity contribution in [3.05, 3.63) is 91.9 Å². The molecule has 0 heterocycles. The molecule has 0 saturated heterocycles. The number of nitrogens with zero attached hydrogens (tertiary/aromatic N) is 6. The summed E-state index contributed by atoms with van der Waals surface area (Å²) in [6.45, 7) is 0. The van der Waals surface area contributed by atoms with Crippen molar-refractivity contribution in [3.63, 3.8) is 0 Å². The van der Waals surface area contributed by atoms with Crippen LogP contribution in [0.2, 0.25) is 0 Å². The first kappa shape index (κ1) is 49.6. The van der Waals surface area contributed by atoms with Crippen molar-refractivity contribution < 1.29 is 110 Å². The van der Waals surface area contributed by atoms with Crippen molar-refractivity contribution in [2.45, 2.75) is 0 Å². The third-order valence-electron chi connectivity index (χ3n) is 0. The van der Waals surface area contributed by atoms with Crippen LogP contribution in [0.4, 0.5) is 0 Å². The molecule has 0 fully saturated rings. The first-order valence-electron chi connectivity index (χ1n) is 3.29. The van der Waals surface area contributed by atoms with Crippen molar-refractivity contribution in [3.8, 4) is 0 Å². The van der Waals surface area contributed by atoms with Gasteiger partial charge in [-0.25, -0.2) is 0 Å². The summed E-state index contributed by atoms with van der Waals surface area (Å²) in [5, 5.41) is 88.5. The quantitative estimate of drug-likeness (QED) is 0.217. The van der Waals surface area contributed by atoms with Crippen LogP contribution in [0.25, 0.3) is 0 Å². The van der Waals surface area contributed by atoms with Crippen molar-refractivity contribution in [1.29, 1.82) is 0 Å². The van der Waals surface area contributed by atoms with Crippen LogP contribution in [0.1, 0.15) is 0 Å². The molecular weight excluding hydrogens is 634 g/mol. The zero-order chi connectivity index (χ0) is 21.5. The molecule has 155 valence electrons. The van der Waals surface area contributed by atoms with Gasteiger partial charge in [0.05, 0.1) is 30.5 Å². The predicted octanol–water partition coefficient (Wildman–Crippen LogP) is -1.44. The van der Waals surface area contributed by atoms with Gasteiger partial charge in [0.1, 0.15) is 0 Å². The van der Waals surface area contributed by atoms with E-state index in [2.05, 4.69) is 0 Å². The molecule has 0 N–H and O–H groups in total. The zero-order valence-electron chi connectivity index (χ0n) is 10.9. The summed E-state index contributed by atoms with van der Waals surface area (Å²) in [5.41, 5.74) is 0. The van der Waals surface area contributed by atoms with Crippen LogP contribution in [0.3, 0.4) is 0 Å². The van der Waals surface area contributed by atoms with Gasteiger partial charge in [0.15, 0.2) is 0 Å². The summed E-state index contributed by atoms with van der Waals surface area (Å²) in [6, 6.07) is 0. The molecule has 26 heavy (non-hydrogen) atoms. The van der Waals surface area contributed by atoms with Gasteiger partial charge in [0.2, 0.25) is 0 Å². The van der Waals surface area contributed by atoms with Crippen LogP contribution in [0, 0.1) is 139 Å². The van der Waals surface area contributed by atoms with Crippen molar-refractivity contribution >= 4 is 0 Å². The third kappa shape index (κ3) is 2000. The standard InChI is InChI=1S/6NO3.Y.Yb/c6*2-1(3)4;;/q6*-1;2*+3. The fraction of sp³-hybridized carbons (Fsp3) is 0. The SMILES string of the molecule is O=[N+]([O-])[O-].O=[N+]([O-])[O-].O=[N+]([O-])[O-].O=[N+]([O-])[O-].O=[N+]([O-])[O-].O=[N+]([O-])[O-].[Y+3].[Yb+3]. The van der Waals surface area contributed by atoms with Gasteiger partial charge in [-0.3, -0.25) is 0 Å². The molecule has 0 amide bonds. The van der Waals surface area contributed by atoms with Gasteiger partial charge >= 0.3 is 79.6 Å². The Morgan fingerprint density at radius 2 is 0.308 bits per heavy atom. The monoisotopic (exact) mass is 635 g/mol. The minimum Gasteiger partial charge on any atom is -0.356 e. The topological polar surface area (TPSA) is 397 Å². The molecule has 0 aliphatic heterocycles. The second-order valence-corrected chi connectivity index (χ2v) is 1.34. The van der Waals surface area contributed by atoms with Crippen LogP contribution < -0.4 is 0 Å². The Hall–Kier alpha value is -2.18. The smallest absolute Gasteiger partial charge is 0.356 e. The largest absolute Gasteiger partial charge is 3.00 e. The number of hydrogen-bond acceptors (Lipinski definition) is 18. The fourth-order valence-electron chi connectivity index (χ4n) is 0. The van der Waals surface area contributed by atoms with Crippen LogP contribution in [0.15, 0.2) is 0 Å². The Morgan fingerprint density at radius 3 is 0.308 bits per heavy atom. The van der Waals surface area contributed by atoms with Crippen molar-refractivity contribution in [2.24, 2.45) is 0 Å². The van der Waals surface area contributed by atoms with Crippen molar-refractivity contribution in [2.75, 3.05) is 0 Å². The van der Waals surface area contributed by atoms with Gasteiger partial charge < -0.3 is 91.9 Å². The van der Waals surface area contributed by atoms with E-state index in [0.717, 1.165) is 0 Å². The second-order valence-electron chi connectivity index (χ2n) is 1.34. The summed E-state index contributed by atoms with van der Waals surface area (Å²) in [6.07, 6.45) is 0. The molecule has 1 radical (unpaired) electrons. The van der Waals surface area contributed by atoms with E-state index in [1.807, 2.05) is 0 Å². The minimum absolute atomic E-state index is 0. The molecule has 0 atom stereocenters. The summed E-state index contributed by atoms with van der Waals surface area (Å²) >= 11 is 0. The molecule has 0 spiro atoms. The van der Waals surface area contributed by atoms with Gasteiger partial charge in [-0.15, -0.1) is 0 Å². The van der Waals surface area contributed by atoms with E-state index in [9.17, 15) is 0 Å². The van der Waals surface area contributed by atoms with Gasteiger partial charge in [-0.2, -0.15) is 0 Å². The Kier molecular flexibility index (Phi) is 82.8. The first-order valence-corrected chi connectivity index (χ1v) is 3.29. The molecule has 0 bridgehead atoms. The number of rotatable bonds is 0. The van der Waals surface area contributed by atoms with E-state index in [4.69, 9.17) is 91.9 Å². The Bertz CT molecular complexity index is 263. The predicted molar refractivity (Wildman–Crippen MR) is 62.2 cm³/mol. The van der Waals surface area contributed by atoms with E-state index in [0.29, 0.717) is 0 Å². The molecule has 0 aromatic heterocycles. The molecule has 0 aromatic rings. The van der Waals surface area contributed by atoms with E-state index in [1.54, 1.807) is 0 Å². The van der Waals surface area contributed by atoms with E-state index < -0.39 is 30.5 Å². The summed E-state index contributed by atoms with van der Waals surface area (Å²) in [5.74, 6) is 0. The molecule has 0 aromatic carbocycles. The maximum absolute atomic E-state index is 8.25. The molecule has 24 nitrogen and oxygen atoms in total. The molecular formula is N6O18YYb. The van der Waals surface area contributed by atoms with Crippen LogP contribution in [-0.2, 0) is 32.7 Å². The van der Waals surface area contributed by atoms with Crippen LogP contribution in [0.5, 0.6) is 0 Å². The van der Waals surface area contributed by atoms with E-state index in [1.165, 1.54) is 0 Å². The molecule has 26 heteroatoms. The second kappa shape index (κ2) is 43.4. The first-order chi connectivity index (χ1) is 10.4. The Labute approximate surface area is 200 Å². The molecule has 0 aliphatic rings. The summed E-state index contributed by atoms with van der Waals surface area (Å²) in [7, 11) is 0. The van der Waals surface area contributed by atoms with Gasteiger partial charge in [0.25, 0.3) is 0 Å². The average Bonchev–Trinajstić information content (AvgIpc) is 2.08. The van der Waals surface area contributed by atoms with Gasteiger partial charge in [0, 0.05) is 0 Å². The Balaban J connectivity index is -0.0000000245. The van der Waals surface area contributed by atoms with Gasteiger partial charge in [-0.05, 0) is 0 Å². The Morgan fingerprint density at radius 1 is 0.308 bits per heavy atom. The fourth-order valence-corrected chi connectivity index (χ4v) is 0. The van der Waals surface area contributed by atoms with E-state index >= 15 is 0 Å². The third-order valence-corrected chi connectivity index (χ3v) is 0. The van der Waals surface area contributed by atoms with Crippen LogP contribution >= 0.6 is 0 Å². The molecule has 0 unspecified atom stereocenters.